The van der Waals surface area contributed by atoms with E-state index in [0.717, 1.165) is 13.1 Å². The molecule has 2 heterocycles. The van der Waals surface area contributed by atoms with Crippen LogP contribution < -0.4 is 9.64 Å². The summed E-state index contributed by atoms with van der Waals surface area (Å²) in [5, 5.41) is 0. The molecule has 0 atom stereocenters. The molecular weight excluding hydrogens is 252 g/mol. The van der Waals surface area contributed by atoms with Crippen LogP contribution in [0, 0.1) is 0 Å². The van der Waals surface area contributed by atoms with Gasteiger partial charge in [0.25, 0.3) is 9.05 Å². The van der Waals surface area contributed by atoms with Crippen LogP contribution in [0.2, 0.25) is 0 Å². The normalized spacial score (nSPS) is 15.5. The Labute approximate surface area is 98.4 Å². The predicted molar refractivity (Wildman–Crippen MR) is 60.7 cm³/mol. The number of fused-ring (bicyclic) bond motifs is 1. The highest BCUT2D eigenvalue weighted by molar-refractivity contribution is 8.13. The first-order chi connectivity index (χ1) is 7.52. The number of rotatable bonds is 2. The van der Waals surface area contributed by atoms with Gasteiger partial charge < -0.3 is 9.64 Å². The fraction of sp³-hybridized carbons (Fsp3) is 0.444. The van der Waals surface area contributed by atoms with E-state index >= 15 is 0 Å². The van der Waals surface area contributed by atoms with Gasteiger partial charge in [0.05, 0.1) is 12.7 Å². The number of anilines is 1. The largest absolute Gasteiger partial charge is 0.474 e. The van der Waals surface area contributed by atoms with Crippen LogP contribution in [-0.2, 0) is 9.05 Å². The van der Waals surface area contributed by atoms with Gasteiger partial charge in [0.2, 0.25) is 5.88 Å². The maximum absolute atomic E-state index is 11.2. The van der Waals surface area contributed by atoms with Crippen molar-refractivity contribution < 1.29 is 13.2 Å². The molecule has 88 valence electrons. The molecule has 0 aliphatic carbocycles. The van der Waals surface area contributed by atoms with Gasteiger partial charge in [0.15, 0.2) is 0 Å². The van der Waals surface area contributed by atoms with Gasteiger partial charge in [-0.15, -0.1) is 0 Å². The Kier molecular flexibility index (Phi) is 2.94. The van der Waals surface area contributed by atoms with Gasteiger partial charge in [-0.25, -0.2) is 13.4 Å². The third kappa shape index (κ3) is 2.08. The van der Waals surface area contributed by atoms with Crippen molar-refractivity contribution in [2.75, 3.05) is 24.6 Å². The Hall–Kier alpha value is -1.01. The minimum Gasteiger partial charge on any atom is -0.474 e. The van der Waals surface area contributed by atoms with Gasteiger partial charge in [-0.2, -0.15) is 0 Å². The number of pyridine rings is 1. The van der Waals surface area contributed by atoms with Gasteiger partial charge in [0.1, 0.15) is 17.2 Å². The lowest BCUT2D eigenvalue weighted by atomic mass is 10.3. The first kappa shape index (κ1) is 11.5. The van der Waals surface area contributed by atoms with Crippen LogP contribution in [-0.4, -0.2) is 33.1 Å². The summed E-state index contributed by atoms with van der Waals surface area (Å²) in [5.74, 6) is 0.456. The van der Waals surface area contributed by atoms with E-state index in [1.807, 2.05) is 11.8 Å². The number of nitrogens with zero attached hydrogens (tertiary/aromatic N) is 2. The SMILES string of the molecule is CCN1CCOc2ncc(S(=O)(=O)Cl)cc21. The second-order valence-corrected chi connectivity index (χ2v) is 5.93. The molecule has 2 rings (SSSR count). The lowest BCUT2D eigenvalue weighted by Crippen LogP contribution is -2.32. The summed E-state index contributed by atoms with van der Waals surface area (Å²) in [6, 6.07) is 1.49. The van der Waals surface area contributed by atoms with E-state index in [2.05, 4.69) is 4.98 Å². The zero-order valence-electron chi connectivity index (χ0n) is 8.68. The molecule has 5 nitrogen and oxygen atoms in total. The molecule has 0 amide bonds. The van der Waals surface area contributed by atoms with Gasteiger partial charge in [-0.05, 0) is 13.0 Å². The van der Waals surface area contributed by atoms with Gasteiger partial charge in [0, 0.05) is 17.2 Å². The monoisotopic (exact) mass is 262 g/mol. The van der Waals surface area contributed by atoms with Crippen LogP contribution in [0.25, 0.3) is 0 Å². The van der Waals surface area contributed by atoms with Crippen LogP contribution >= 0.6 is 10.7 Å². The molecule has 0 saturated carbocycles. The number of aromatic nitrogens is 1. The molecular formula is C9H11ClN2O3S. The molecule has 7 heteroatoms. The zero-order chi connectivity index (χ0) is 11.8. The molecule has 0 unspecified atom stereocenters. The summed E-state index contributed by atoms with van der Waals surface area (Å²) in [4.78, 5) is 5.95. The number of likely N-dealkylation sites (N-methyl/N-ethyl adjacent to an activating group) is 1. The molecule has 0 bridgehead atoms. The summed E-state index contributed by atoms with van der Waals surface area (Å²) in [7, 11) is 1.52. The Bertz CT molecular complexity index is 503. The van der Waals surface area contributed by atoms with E-state index in [9.17, 15) is 8.42 Å². The highest BCUT2D eigenvalue weighted by atomic mass is 35.7. The maximum Gasteiger partial charge on any atom is 0.262 e. The second-order valence-electron chi connectivity index (χ2n) is 3.36. The standard InChI is InChI=1S/C9H11ClN2O3S/c1-2-12-3-4-15-9-8(12)5-7(6-11-9)16(10,13)14/h5-6H,2-4H2,1H3. The maximum atomic E-state index is 11.2. The van der Waals surface area contributed by atoms with Gasteiger partial charge in [-0.1, -0.05) is 0 Å². The molecule has 0 fully saturated rings. The average molecular weight is 263 g/mol. The van der Waals surface area contributed by atoms with Crippen molar-refractivity contribution in [2.24, 2.45) is 0 Å². The lowest BCUT2D eigenvalue weighted by molar-refractivity contribution is 0.295. The van der Waals surface area contributed by atoms with Gasteiger partial charge in [-0.3, -0.25) is 0 Å². The summed E-state index contributed by atoms with van der Waals surface area (Å²) in [6.45, 7) is 4.03. The molecule has 0 N–H and O–H groups in total. The van der Waals surface area contributed by atoms with E-state index in [0.29, 0.717) is 18.2 Å². The zero-order valence-corrected chi connectivity index (χ0v) is 10.3. The Balaban J connectivity index is 2.51. The van der Waals surface area contributed by atoms with Crippen molar-refractivity contribution in [3.63, 3.8) is 0 Å². The highest BCUT2D eigenvalue weighted by Crippen LogP contribution is 2.31. The molecule has 0 radical (unpaired) electrons. The van der Waals surface area contributed by atoms with Crippen LogP contribution in [0.1, 0.15) is 6.92 Å². The van der Waals surface area contributed by atoms with E-state index in [4.69, 9.17) is 15.4 Å². The average Bonchev–Trinajstić information content (AvgIpc) is 2.26. The van der Waals surface area contributed by atoms with Crippen molar-refractivity contribution in [3.8, 4) is 5.88 Å². The fourth-order valence-electron chi connectivity index (χ4n) is 1.59. The van der Waals surface area contributed by atoms with Crippen LogP contribution in [0.15, 0.2) is 17.2 Å². The van der Waals surface area contributed by atoms with E-state index in [-0.39, 0.29) is 4.90 Å². The minimum absolute atomic E-state index is 0.00290. The van der Waals surface area contributed by atoms with Crippen molar-refractivity contribution >= 4 is 25.4 Å². The predicted octanol–water partition coefficient (Wildman–Crippen LogP) is 1.23. The third-order valence-electron chi connectivity index (χ3n) is 2.41. The summed E-state index contributed by atoms with van der Waals surface area (Å²) >= 11 is 0. The molecule has 0 aromatic carbocycles. The van der Waals surface area contributed by atoms with Crippen LogP contribution in [0.3, 0.4) is 0 Å². The number of halogens is 1. The van der Waals surface area contributed by atoms with Crippen molar-refractivity contribution in [3.05, 3.63) is 12.3 Å². The van der Waals surface area contributed by atoms with Crippen molar-refractivity contribution in [2.45, 2.75) is 11.8 Å². The minimum atomic E-state index is -3.74. The van der Waals surface area contributed by atoms with Crippen molar-refractivity contribution in [1.29, 1.82) is 0 Å². The summed E-state index contributed by atoms with van der Waals surface area (Å²) in [5.41, 5.74) is 0.676. The first-order valence-corrected chi connectivity index (χ1v) is 7.15. The van der Waals surface area contributed by atoms with E-state index in [1.165, 1.54) is 12.3 Å². The molecule has 1 aliphatic rings. The second kappa shape index (κ2) is 4.10. The molecule has 1 aliphatic heterocycles. The number of ether oxygens (including phenoxy) is 1. The summed E-state index contributed by atoms with van der Waals surface area (Å²) in [6.07, 6.45) is 1.21. The molecule has 0 saturated heterocycles. The van der Waals surface area contributed by atoms with Crippen LogP contribution in [0.4, 0.5) is 5.69 Å². The molecule has 16 heavy (non-hydrogen) atoms. The molecule has 1 aromatic heterocycles. The Morgan fingerprint density at radius 3 is 3.00 bits per heavy atom. The molecule has 1 aromatic rings. The number of hydrogen-bond donors (Lipinski definition) is 0. The summed E-state index contributed by atoms with van der Waals surface area (Å²) < 4.78 is 27.7. The van der Waals surface area contributed by atoms with E-state index < -0.39 is 9.05 Å². The Morgan fingerprint density at radius 2 is 2.38 bits per heavy atom. The van der Waals surface area contributed by atoms with E-state index in [1.54, 1.807) is 0 Å². The Morgan fingerprint density at radius 1 is 1.62 bits per heavy atom. The first-order valence-electron chi connectivity index (χ1n) is 4.85. The van der Waals surface area contributed by atoms with Crippen LogP contribution in [0.5, 0.6) is 5.88 Å². The smallest absolute Gasteiger partial charge is 0.262 e. The highest BCUT2D eigenvalue weighted by Gasteiger charge is 2.21. The fourth-order valence-corrected chi connectivity index (χ4v) is 2.28. The van der Waals surface area contributed by atoms with Gasteiger partial charge >= 0.3 is 0 Å². The molecule has 0 spiro atoms. The third-order valence-corrected chi connectivity index (χ3v) is 3.73. The van der Waals surface area contributed by atoms with Crippen molar-refractivity contribution in [1.82, 2.24) is 4.98 Å². The number of hydrogen-bond acceptors (Lipinski definition) is 5. The topological polar surface area (TPSA) is 59.5 Å². The quantitative estimate of drug-likeness (QED) is 0.751. The lowest BCUT2D eigenvalue weighted by Gasteiger charge is -2.29.